The Morgan fingerprint density at radius 1 is 0.941 bits per heavy atom. The monoisotopic (exact) mass is 262 g/mol. The molecule has 1 heterocycles. The minimum atomic E-state index is 0. The first-order chi connectivity index (χ1) is 7.76. The quantitative estimate of drug-likeness (QED) is 0.572. The van der Waals surface area contributed by atoms with Crippen LogP contribution in [0.15, 0.2) is 0 Å². The van der Waals surface area contributed by atoms with Gasteiger partial charge in [-0.25, -0.2) is 0 Å². The van der Waals surface area contributed by atoms with Crippen LogP contribution in [0.25, 0.3) is 0 Å². The Labute approximate surface area is 114 Å². The van der Waals surface area contributed by atoms with Gasteiger partial charge in [-0.1, -0.05) is 26.7 Å². The van der Waals surface area contributed by atoms with Crippen LogP contribution in [0.4, 0.5) is 0 Å². The zero-order chi connectivity index (χ0) is 11.9. The molecule has 1 rings (SSSR count). The molecule has 1 aliphatic rings. The lowest BCUT2D eigenvalue weighted by Crippen LogP contribution is -3.00. The normalized spacial score (nSPS) is 19.9. The van der Waals surface area contributed by atoms with E-state index in [1.165, 1.54) is 76.0 Å². The van der Waals surface area contributed by atoms with Crippen LogP contribution in [0.3, 0.4) is 0 Å². The summed E-state index contributed by atoms with van der Waals surface area (Å²) < 4.78 is 1.39. The average molecular weight is 263 g/mol. The van der Waals surface area contributed by atoms with Crippen LogP contribution in [0.1, 0.15) is 46.5 Å². The Bertz CT molecular complexity index is 177. The summed E-state index contributed by atoms with van der Waals surface area (Å²) in [4.78, 5) is 2.67. The van der Waals surface area contributed by atoms with E-state index < -0.39 is 0 Å². The van der Waals surface area contributed by atoms with Crippen molar-refractivity contribution in [2.75, 3.05) is 45.8 Å². The summed E-state index contributed by atoms with van der Waals surface area (Å²) in [7, 11) is 0. The summed E-state index contributed by atoms with van der Waals surface area (Å²) in [6.45, 7) is 16.5. The third kappa shape index (κ3) is 5.58. The number of nitrogens with zero attached hydrogens (tertiary/aromatic N) is 2. The topological polar surface area (TPSA) is 3.24 Å². The zero-order valence-electron chi connectivity index (χ0n) is 12.1. The summed E-state index contributed by atoms with van der Waals surface area (Å²) >= 11 is 0. The summed E-state index contributed by atoms with van der Waals surface area (Å²) in [6.07, 6.45) is 5.46. The average Bonchev–Trinajstić information content (AvgIpc) is 2.35. The maximum atomic E-state index is 2.67. The highest BCUT2D eigenvalue weighted by molar-refractivity contribution is 4.64. The minimum absolute atomic E-state index is 0. The van der Waals surface area contributed by atoms with Gasteiger partial charge in [-0.05, 0) is 26.3 Å². The second-order valence-electron chi connectivity index (χ2n) is 5.38. The number of likely N-dealkylation sites (N-methyl/N-ethyl adjacent to an activating group) is 1. The van der Waals surface area contributed by atoms with E-state index in [1.807, 2.05) is 0 Å². The molecule has 0 atom stereocenters. The molecule has 0 bridgehead atoms. The van der Waals surface area contributed by atoms with Crippen LogP contribution in [-0.2, 0) is 0 Å². The molecular formula is C14H31ClN2. The zero-order valence-corrected chi connectivity index (χ0v) is 12.8. The van der Waals surface area contributed by atoms with E-state index >= 15 is 0 Å². The number of halogens is 1. The van der Waals surface area contributed by atoms with E-state index in [1.54, 1.807) is 0 Å². The number of unbranched alkanes of at least 4 members (excludes halogenated alkanes) is 2. The van der Waals surface area contributed by atoms with Crippen LogP contribution >= 0.6 is 0 Å². The van der Waals surface area contributed by atoms with Gasteiger partial charge in [-0.3, -0.25) is 4.90 Å². The van der Waals surface area contributed by atoms with E-state index in [9.17, 15) is 0 Å². The van der Waals surface area contributed by atoms with Gasteiger partial charge in [0.15, 0.2) is 0 Å². The number of rotatable bonds is 7. The lowest BCUT2D eigenvalue weighted by Gasteiger charge is -2.44. The van der Waals surface area contributed by atoms with Crippen molar-refractivity contribution in [3.63, 3.8) is 0 Å². The van der Waals surface area contributed by atoms with Crippen LogP contribution in [-0.4, -0.2) is 55.2 Å². The molecule has 0 aromatic heterocycles. The fraction of sp³-hybridized carbons (Fsp3) is 1.00. The molecule has 1 saturated heterocycles. The number of hydrogen-bond donors (Lipinski definition) is 0. The molecular weight excluding hydrogens is 232 g/mol. The van der Waals surface area contributed by atoms with Gasteiger partial charge >= 0.3 is 0 Å². The standard InChI is InChI=1S/C14H31N2.ClH/c1-4-7-9-15-10-13-16(6-3,14-11-15)12-8-5-2;/h4-14H2,1-3H3;1H/q+1;/p-1. The molecule has 0 spiro atoms. The molecule has 1 fully saturated rings. The van der Waals surface area contributed by atoms with Gasteiger partial charge in [0.25, 0.3) is 0 Å². The molecule has 1 aliphatic heterocycles. The molecule has 0 aromatic carbocycles. The molecule has 0 unspecified atom stereocenters. The molecule has 3 heteroatoms. The van der Waals surface area contributed by atoms with E-state index in [0.717, 1.165) is 0 Å². The molecule has 104 valence electrons. The SMILES string of the molecule is CCCCN1CC[N+](CC)(CCCC)CC1.[Cl-]. The maximum absolute atomic E-state index is 2.67. The second kappa shape index (κ2) is 9.18. The highest BCUT2D eigenvalue weighted by Gasteiger charge is 2.30. The fourth-order valence-corrected chi connectivity index (χ4v) is 2.73. The predicted molar refractivity (Wildman–Crippen MR) is 71.7 cm³/mol. The smallest absolute Gasteiger partial charge is 0.0916 e. The Kier molecular flexibility index (Phi) is 9.29. The lowest BCUT2D eigenvalue weighted by atomic mass is 10.2. The maximum Gasteiger partial charge on any atom is 0.0916 e. The van der Waals surface area contributed by atoms with Crippen LogP contribution in [0.5, 0.6) is 0 Å². The van der Waals surface area contributed by atoms with E-state index in [2.05, 4.69) is 25.7 Å². The van der Waals surface area contributed by atoms with Gasteiger partial charge in [-0.15, -0.1) is 0 Å². The van der Waals surface area contributed by atoms with Crippen LogP contribution in [0, 0.1) is 0 Å². The van der Waals surface area contributed by atoms with Crippen molar-refractivity contribution in [3.8, 4) is 0 Å². The summed E-state index contributed by atoms with van der Waals surface area (Å²) in [6, 6.07) is 0. The third-order valence-electron chi connectivity index (χ3n) is 4.27. The van der Waals surface area contributed by atoms with Crippen molar-refractivity contribution in [1.29, 1.82) is 0 Å². The van der Waals surface area contributed by atoms with Gasteiger partial charge in [0.05, 0.1) is 26.2 Å². The van der Waals surface area contributed by atoms with Crippen molar-refractivity contribution < 1.29 is 16.9 Å². The largest absolute Gasteiger partial charge is 1.00 e. The van der Waals surface area contributed by atoms with Crippen molar-refractivity contribution >= 4 is 0 Å². The predicted octanol–water partition coefficient (Wildman–Crippen LogP) is -0.257. The summed E-state index contributed by atoms with van der Waals surface area (Å²) in [5.74, 6) is 0. The molecule has 0 radical (unpaired) electrons. The van der Waals surface area contributed by atoms with Crippen molar-refractivity contribution in [2.24, 2.45) is 0 Å². The van der Waals surface area contributed by atoms with Gasteiger partial charge in [0.2, 0.25) is 0 Å². The lowest BCUT2D eigenvalue weighted by molar-refractivity contribution is -0.930. The Balaban J connectivity index is 0.00000256. The van der Waals surface area contributed by atoms with Gasteiger partial charge in [0.1, 0.15) is 0 Å². The van der Waals surface area contributed by atoms with Crippen LogP contribution < -0.4 is 12.4 Å². The van der Waals surface area contributed by atoms with Gasteiger partial charge < -0.3 is 16.9 Å². The third-order valence-corrected chi connectivity index (χ3v) is 4.27. The van der Waals surface area contributed by atoms with Gasteiger partial charge in [0, 0.05) is 13.1 Å². The molecule has 0 amide bonds. The highest BCUT2D eigenvalue weighted by Crippen LogP contribution is 2.15. The second-order valence-corrected chi connectivity index (χ2v) is 5.38. The first-order valence-electron chi connectivity index (χ1n) is 7.33. The summed E-state index contributed by atoms with van der Waals surface area (Å²) in [5.41, 5.74) is 0. The minimum Gasteiger partial charge on any atom is -1.00 e. The van der Waals surface area contributed by atoms with Crippen molar-refractivity contribution in [1.82, 2.24) is 4.90 Å². The van der Waals surface area contributed by atoms with Crippen LogP contribution in [0.2, 0.25) is 0 Å². The van der Waals surface area contributed by atoms with Gasteiger partial charge in [-0.2, -0.15) is 0 Å². The highest BCUT2D eigenvalue weighted by atomic mass is 35.5. The van der Waals surface area contributed by atoms with E-state index in [-0.39, 0.29) is 12.4 Å². The molecule has 17 heavy (non-hydrogen) atoms. The Morgan fingerprint density at radius 3 is 2.00 bits per heavy atom. The number of piperazine rings is 1. The first-order valence-corrected chi connectivity index (χ1v) is 7.33. The number of hydrogen-bond acceptors (Lipinski definition) is 1. The van der Waals surface area contributed by atoms with E-state index in [0.29, 0.717) is 0 Å². The summed E-state index contributed by atoms with van der Waals surface area (Å²) in [5, 5.41) is 0. The fourth-order valence-electron chi connectivity index (χ4n) is 2.73. The molecule has 0 aliphatic carbocycles. The Morgan fingerprint density at radius 2 is 1.53 bits per heavy atom. The van der Waals surface area contributed by atoms with Crippen molar-refractivity contribution in [2.45, 2.75) is 46.5 Å². The molecule has 2 nitrogen and oxygen atoms in total. The van der Waals surface area contributed by atoms with Crippen molar-refractivity contribution in [3.05, 3.63) is 0 Å². The molecule has 0 aromatic rings. The first kappa shape index (κ1) is 17.2. The molecule has 0 saturated carbocycles. The number of quaternary nitrogens is 1. The Hall–Kier alpha value is 0.210. The van der Waals surface area contributed by atoms with E-state index in [4.69, 9.17) is 0 Å². The molecule has 0 N–H and O–H groups in total.